The molecular formula is C7H5Cl2N4S+. The van der Waals surface area contributed by atoms with Crippen LogP contribution in [0.25, 0.3) is 4.98 Å². The van der Waals surface area contributed by atoms with Crippen LogP contribution in [0.3, 0.4) is 0 Å². The first-order chi connectivity index (χ1) is 6.56. The van der Waals surface area contributed by atoms with E-state index in [0.717, 1.165) is 11.8 Å². The molecule has 0 aromatic heterocycles. The van der Waals surface area contributed by atoms with Crippen LogP contribution in [0.5, 0.6) is 0 Å². The van der Waals surface area contributed by atoms with Gasteiger partial charge in [-0.25, -0.2) is 5.73 Å². The Balaban J connectivity index is 2.52. The van der Waals surface area contributed by atoms with Gasteiger partial charge in [0.25, 0.3) is 0 Å². The van der Waals surface area contributed by atoms with Crippen molar-refractivity contribution in [2.75, 3.05) is 5.32 Å². The van der Waals surface area contributed by atoms with Gasteiger partial charge in [0, 0.05) is 11.8 Å². The molecule has 4 nitrogen and oxygen atoms in total. The molecule has 1 aliphatic heterocycles. The predicted molar refractivity (Wildman–Crippen MR) is 57.9 cm³/mol. The third kappa shape index (κ3) is 1.41. The van der Waals surface area contributed by atoms with Gasteiger partial charge in [0.2, 0.25) is 5.39 Å². The fourth-order valence-electron chi connectivity index (χ4n) is 1.15. The molecule has 72 valence electrons. The first kappa shape index (κ1) is 9.87. The number of anilines is 1. The van der Waals surface area contributed by atoms with Crippen molar-refractivity contribution in [1.82, 2.24) is 0 Å². The summed E-state index contributed by atoms with van der Waals surface area (Å²) in [5, 5.41) is 11.1. The summed E-state index contributed by atoms with van der Waals surface area (Å²) in [6.07, 6.45) is 0. The van der Waals surface area contributed by atoms with Gasteiger partial charge in [0.15, 0.2) is 4.98 Å². The topological polar surface area (TPSA) is 66.2 Å². The molecule has 1 atom stereocenters. The van der Waals surface area contributed by atoms with Crippen LogP contribution in [-0.4, -0.2) is 5.12 Å². The van der Waals surface area contributed by atoms with Crippen LogP contribution in [0.4, 0.5) is 5.69 Å². The minimum atomic E-state index is -1.27. The van der Waals surface area contributed by atoms with Gasteiger partial charge >= 0.3 is 5.12 Å². The summed E-state index contributed by atoms with van der Waals surface area (Å²) in [6.45, 7) is 0. The summed E-state index contributed by atoms with van der Waals surface area (Å²) in [4.78, 5) is 3.73. The highest BCUT2D eigenvalue weighted by Crippen LogP contribution is 2.48. The highest BCUT2D eigenvalue weighted by Gasteiger charge is 2.48. The molecule has 1 aromatic carbocycles. The van der Waals surface area contributed by atoms with E-state index in [0.29, 0.717) is 20.6 Å². The van der Waals surface area contributed by atoms with Crippen molar-refractivity contribution in [1.29, 1.82) is 5.39 Å². The predicted octanol–water partition coefficient (Wildman–Crippen LogP) is 2.93. The van der Waals surface area contributed by atoms with Gasteiger partial charge in [-0.1, -0.05) is 23.2 Å². The normalized spacial score (nSPS) is 23.9. The number of hydrogen-bond acceptors (Lipinski definition) is 4. The molecule has 0 radical (unpaired) electrons. The summed E-state index contributed by atoms with van der Waals surface area (Å²) >= 11 is 12.9. The Morgan fingerprint density at radius 1 is 1.50 bits per heavy atom. The van der Waals surface area contributed by atoms with E-state index in [-0.39, 0.29) is 0 Å². The molecule has 0 saturated carbocycles. The Morgan fingerprint density at radius 2 is 2.21 bits per heavy atom. The molecule has 0 amide bonds. The van der Waals surface area contributed by atoms with E-state index in [1.165, 1.54) is 0 Å². The third-order valence-electron chi connectivity index (χ3n) is 1.77. The molecule has 0 saturated heterocycles. The van der Waals surface area contributed by atoms with E-state index in [1.54, 1.807) is 12.1 Å². The van der Waals surface area contributed by atoms with Crippen LogP contribution >= 0.6 is 35.0 Å². The second-order valence-electron chi connectivity index (χ2n) is 2.76. The molecule has 1 aliphatic rings. The lowest BCUT2D eigenvalue weighted by Gasteiger charge is -2.00. The number of rotatable bonds is 0. The van der Waals surface area contributed by atoms with E-state index < -0.39 is 5.12 Å². The lowest BCUT2D eigenvalue weighted by Crippen LogP contribution is -2.37. The lowest BCUT2D eigenvalue weighted by molar-refractivity contribution is 0.851. The van der Waals surface area contributed by atoms with Crippen molar-refractivity contribution in [3.8, 4) is 0 Å². The Bertz CT molecular complexity index is 444. The third-order valence-corrected chi connectivity index (χ3v) is 3.81. The Kier molecular flexibility index (Phi) is 2.24. The quantitative estimate of drug-likeness (QED) is 0.692. The van der Waals surface area contributed by atoms with Gasteiger partial charge in [-0.3, -0.25) is 5.32 Å². The average Bonchev–Trinajstić information content (AvgIpc) is 2.51. The lowest BCUT2D eigenvalue weighted by atomic mass is 10.3. The number of nitrogens with two attached hydrogens (primary N) is 1. The highest BCUT2D eigenvalue weighted by atomic mass is 35.5. The van der Waals surface area contributed by atoms with Gasteiger partial charge in [0.1, 0.15) is 0 Å². The van der Waals surface area contributed by atoms with Crippen LogP contribution in [0, 0.1) is 5.39 Å². The van der Waals surface area contributed by atoms with Crippen LogP contribution in [0.1, 0.15) is 0 Å². The van der Waals surface area contributed by atoms with Crippen LogP contribution in [-0.2, 0) is 0 Å². The van der Waals surface area contributed by atoms with Gasteiger partial charge in [-0.2, -0.15) is 0 Å². The standard InChI is InChI=1S/C7H5Cl2N4S/c8-3-1-2-4-6(5(3)9)14-7(10,12-4)13-11/h1-2,12H,10H2/q+1. The zero-order chi connectivity index (χ0) is 10.3. The molecular weight excluding hydrogens is 243 g/mol. The van der Waals surface area contributed by atoms with E-state index in [1.807, 2.05) is 0 Å². The molecule has 0 fully saturated rings. The Labute approximate surface area is 94.4 Å². The van der Waals surface area contributed by atoms with Gasteiger partial charge in [-0.15, -0.1) is 0 Å². The Morgan fingerprint density at radius 3 is 2.86 bits per heavy atom. The van der Waals surface area contributed by atoms with Crippen molar-refractivity contribution in [2.45, 2.75) is 10.0 Å². The van der Waals surface area contributed by atoms with Crippen LogP contribution in [0.15, 0.2) is 17.0 Å². The van der Waals surface area contributed by atoms with Crippen LogP contribution < -0.4 is 11.1 Å². The number of thioether (sulfide) groups is 1. The van der Waals surface area contributed by atoms with E-state index in [2.05, 4.69) is 10.3 Å². The Hall–Kier alpha value is -0.670. The molecule has 1 heterocycles. The van der Waals surface area contributed by atoms with Crippen molar-refractivity contribution < 1.29 is 0 Å². The SMILES string of the molecule is N#[N+]C1(N)Nc2ccc(Cl)c(Cl)c2S1. The maximum Gasteiger partial charge on any atom is 0.506 e. The highest BCUT2D eigenvalue weighted by molar-refractivity contribution is 8.01. The van der Waals surface area contributed by atoms with E-state index >= 15 is 0 Å². The van der Waals surface area contributed by atoms with Gasteiger partial charge in [0.05, 0.1) is 20.6 Å². The molecule has 1 unspecified atom stereocenters. The smallest absolute Gasteiger partial charge is 0.283 e. The van der Waals surface area contributed by atoms with Crippen molar-refractivity contribution in [2.24, 2.45) is 5.73 Å². The number of diazo groups is 1. The van der Waals surface area contributed by atoms with Crippen LogP contribution in [0.2, 0.25) is 10.0 Å². The molecule has 3 N–H and O–H groups in total. The molecule has 0 bridgehead atoms. The minimum absolute atomic E-state index is 0.414. The number of nitrogens with zero attached hydrogens (tertiary/aromatic N) is 2. The minimum Gasteiger partial charge on any atom is -0.283 e. The number of fused-ring (bicyclic) bond motifs is 1. The summed E-state index contributed by atoms with van der Waals surface area (Å²) in [7, 11) is 0. The second-order valence-corrected chi connectivity index (χ2v) is 4.78. The zero-order valence-corrected chi connectivity index (χ0v) is 9.12. The number of benzene rings is 1. The van der Waals surface area contributed by atoms with E-state index in [4.69, 9.17) is 34.3 Å². The van der Waals surface area contributed by atoms with Crippen molar-refractivity contribution in [3.05, 3.63) is 27.2 Å². The first-order valence-corrected chi connectivity index (χ1v) is 5.23. The van der Waals surface area contributed by atoms with Crippen molar-refractivity contribution >= 4 is 40.7 Å². The summed E-state index contributed by atoms with van der Waals surface area (Å²) in [6, 6.07) is 3.38. The maximum atomic E-state index is 8.70. The molecule has 7 heteroatoms. The molecule has 1 aromatic rings. The van der Waals surface area contributed by atoms with Gasteiger partial charge < -0.3 is 0 Å². The maximum absolute atomic E-state index is 8.70. The first-order valence-electron chi connectivity index (χ1n) is 3.66. The molecule has 0 aliphatic carbocycles. The van der Waals surface area contributed by atoms with Crippen molar-refractivity contribution in [3.63, 3.8) is 0 Å². The zero-order valence-electron chi connectivity index (χ0n) is 6.79. The number of hydrogen-bond donors (Lipinski definition) is 2. The monoisotopic (exact) mass is 247 g/mol. The molecule has 14 heavy (non-hydrogen) atoms. The fourth-order valence-corrected chi connectivity index (χ4v) is 2.59. The average molecular weight is 248 g/mol. The second kappa shape index (κ2) is 3.17. The number of halogens is 2. The largest absolute Gasteiger partial charge is 0.506 e. The molecule has 2 rings (SSSR count). The summed E-state index contributed by atoms with van der Waals surface area (Å²) < 4.78 is 0. The molecule has 0 spiro atoms. The summed E-state index contributed by atoms with van der Waals surface area (Å²) in [5.41, 5.74) is 6.37. The fraction of sp³-hybridized carbons (Fsp3) is 0.143. The summed E-state index contributed by atoms with van der Waals surface area (Å²) in [5.74, 6) is 0. The van der Waals surface area contributed by atoms with E-state index in [9.17, 15) is 0 Å². The van der Waals surface area contributed by atoms with Gasteiger partial charge in [-0.05, 0) is 12.1 Å². The number of nitrogens with one attached hydrogen (secondary N) is 1.